The molecule has 0 heterocycles. The lowest BCUT2D eigenvalue weighted by atomic mass is 10.1. The maximum Gasteiger partial charge on any atom is 0.416 e. The molecular weight excluding hydrogens is 400 g/mol. The van der Waals surface area contributed by atoms with Crippen LogP contribution in [0, 0.1) is 5.82 Å². The Labute approximate surface area is 172 Å². The number of hydrogen-bond donors (Lipinski definition) is 2. The summed E-state index contributed by atoms with van der Waals surface area (Å²) < 4.78 is 52.4. The molecule has 0 aromatic heterocycles. The number of carbonyl (C=O) groups is 1. The van der Waals surface area contributed by atoms with Gasteiger partial charge in [-0.3, -0.25) is 4.79 Å². The molecule has 0 atom stereocenters. The van der Waals surface area contributed by atoms with Gasteiger partial charge in [0.15, 0.2) is 5.96 Å². The van der Waals surface area contributed by atoms with Crippen molar-refractivity contribution in [3.63, 3.8) is 0 Å². The minimum absolute atomic E-state index is 0.0187. The SMILES string of the molecule is CN(C)C(=O)CNC(=NCc1cccc(C(F)(F)F)c1)NCCc1ccccc1F. The lowest BCUT2D eigenvalue weighted by Crippen LogP contribution is -2.43. The van der Waals surface area contributed by atoms with E-state index in [1.165, 1.54) is 17.0 Å². The Morgan fingerprint density at radius 3 is 2.47 bits per heavy atom. The summed E-state index contributed by atoms with van der Waals surface area (Å²) in [7, 11) is 3.21. The second-order valence-electron chi connectivity index (χ2n) is 6.77. The summed E-state index contributed by atoms with van der Waals surface area (Å²) in [4.78, 5) is 17.5. The van der Waals surface area contributed by atoms with Gasteiger partial charge >= 0.3 is 6.18 Å². The number of guanidine groups is 1. The highest BCUT2D eigenvalue weighted by atomic mass is 19.4. The van der Waals surface area contributed by atoms with Crippen LogP contribution in [0.2, 0.25) is 0 Å². The number of nitrogens with one attached hydrogen (secondary N) is 2. The summed E-state index contributed by atoms with van der Waals surface area (Å²) in [6.45, 7) is 0.266. The van der Waals surface area contributed by atoms with Crippen molar-refractivity contribution in [1.29, 1.82) is 0 Å². The van der Waals surface area contributed by atoms with Gasteiger partial charge in [0.05, 0.1) is 18.7 Å². The van der Waals surface area contributed by atoms with Crippen molar-refractivity contribution in [1.82, 2.24) is 15.5 Å². The predicted molar refractivity (Wildman–Crippen MR) is 107 cm³/mol. The van der Waals surface area contributed by atoms with Crippen LogP contribution in [0.15, 0.2) is 53.5 Å². The number of halogens is 4. The van der Waals surface area contributed by atoms with E-state index in [1.54, 1.807) is 38.4 Å². The van der Waals surface area contributed by atoms with Crippen LogP contribution in [-0.4, -0.2) is 44.0 Å². The van der Waals surface area contributed by atoms with Crippen LogP contribution in [0.4, 0.5) is 17.6 Å². The molecule has 2 aromatic rings. The monoisotopic (exact) mass is 424 g/mol. The predicted octanol–water partition coefficient (Wildman–Crippen LogP) is 3.21. The minimum Gasteiger partial charge on any atom is -0.356 e. The van der Waals surface area contributed by atoms with Gasteiger partial charge in [0.1, 0.15) is 5.82 Å². The molecule has 30 heavy (non-hydrogen) atoms. The molecule has 0 aliphatic rings. The Morgan fingerprint density at radius 1 is 1.07 bits per heavy atom. The minimum atomic E-state index is -4.43. The van der Waals surface area contributed by atoms with Crippen molar-refractivity contribution in [3.8, 4) is 0 Å². The zero-order chi connectivity index (χ0) is 22.1. The van der Waals surface area contributed by atoms with Gasteiger partial charge in [-0.15, -0.1) is 0 Å². The van der Waals surface area contributed by atoms with E-state index in [9.17, 15) is 22.4 Å². The van der Waals surface area contributed by atoms with Crippen LogP contribution >= 0.6 is 0 Å². The highest BCUT2D eigenvalue weighted by molar-refractivity contribution is 5.86. The number of likely N-dealkylation sites (N-methyl/N-ethyl adjacent to an activating group) is 1. The normalized spacial score (nSPS) is 11.9. The Morgan fingerprint density at radius 2 is 1.80 bits per heavy atom. The van der Waals surface area contributed by atoms with Crippen LogP contribution in [0.25, 0.3) is 0 Å². The van der Waals surface area contributed by atoms with Crippen LogP contribution in [0.1, 0.15) is 16.7 Å². The molecule has 0 aliphatic carbocycles. The zero-order valence-corrected chi connectivity index (χ0v) is 16.8. The van der Waals surface area contributed by atoms with Crippen molar-refractivity contribution in [2.75, 3.05) is 27.2 Å². The van der Waals surface area contributed by atoms with Crippen molar-refractivity contribution in [3.05, 3.63) is 71.0 Å². The van der Waals surface area contributed by atoms with E-state index >= 15 is 0 Å². The third-order valence-electron chi connectivity index (χ3n) is 4.22. The van der Waals surface area contributed by atoms with Crippen molar-refractivity contribution >= 4 is 11.9 Å². The van der Waals surface area contributed by atoms with Crippen LogP contribution in [0.5, 0.6) is 0 Å². The molecule has 0 saturated heterocycles. The fourth-order valence-electron chi connectivity index (χ4n) is 2.52. The van der Waals surface area contributed by atoms with Crippen molar-refractivity contribution < 1.29 is 22.4 Å². The lowest BCUT2D eigenvalue weighted by molar-refractivity contribution is -0.137. The maximum absolute atomic E-state index is 13.7. The first-order valence-corrected chi connectivity index (χ1v) is 9.28. The molecule has 162 valence electrons. The Kier molecular flexibility index (Phi) is 8.20. The number of rotatable bonds is 7. The lowest BCUT2D eigenvalue weighted by Gasteiger charge is -2.15. The first kappa shape index (κ1) is 23.2. The summed E-state index contributed by atoms with van der Waals surface area (Å²) >= 11 is 0. The fraction of sp³-hybridized carbons (Fsp3) is 0.333. The van der Waals surface area contributed by atoms with Gasteiger partial charge in [-0.1, -0.05) is 30.3 Å². The molecular formula is C21H24F4N4O. The number of hydrogen-bond acceptors (Lipinski definition) is 2. The van der Waals surface area contributed by atoms with Gasteiger partial charge in [-0.25, -0.2) is 9.38 Å². The summed E-state index contributed by atoms with van der Waals surface area (Å²) in [5.74, 6) is -0.269. The molecule has 0 fully saturated rings. The second kappa shape index (κ2) is 10.6. The Bertz CT molecular complexity index is 881. The topological polar surface area (TPSA) is 56.7 Å². The third kappa shape index (κ3) is 7.38. The van der Waals surface area contributed by atoms with Gasteiger partial charge < -0.3 is 15.5 Å². The van der Waals surface area contributed by atoms with Gasteiger partial charge in [0, 0.05) is 20.6 Å². The molecule has 5 nitrogen and oxygen atoms in total. The van der Waals surface area contributed by atoms with Crippen LogP contribution in [-0.2, 0) is 23.9 Å². The summed E-state index contributed by atoms with van der Waals surface area (Å²) in [6.07, 6.45) is -4.06. The highest BCUT2D eigenvalue weighted by Crippen LogP contribution is 2.29. The molecule has 2 aromatic carbocycles. The standard InChI is InChI=1S/C21H24F4N4O/c1-29(2)19(30)14-28-20(26-11-10-16-7-3-4-9-18(16)22)27-13-15-6-5-8-17(12-15)21(23,24)25/h3-9,12H,10-11,13-14H2,1-2H3,(H2,26,27,28). The number of amides is 1. The molecule has 0 aliphatic heterocycles. The number of carbonyl (C=O) groups excluding carboxylic acids is 1. The molecule has 1 amide bonds. The molecule has 9 heteroatoms. The van der Waals surface area contributed by atoms with Crippen molar-refractivity contribution in [2.45, 2.75) is 19.1 Å². The fourth-order valence-corrected chi connectivity index (χ4v) is 2.52. The summed E-state index contributed by atoms with van der Waals surface area (Å²) in [6, 6.07) is 11.3. The van der Waals surface area contributed by atoms with E-state index in [1.807, 2.05) is 0 Å². The third-order valence-corrected chi connectivity index (χ3v) is 4.22. The average molecular weight is 424 g/mol. The van der Waals surface area contributed by atoms with E-state index in [0.717, 1.165) is 12.1 Å². The molecule has 2 rings (SSSR count). The molecule has 2 N–H and O–H groups in total. The van der Waals surface area contributed by atoms with E-state index < -0.39 is 11.7 Å². The average Bonchev–Trinajstić information content (AvgIpc) is 2.70. The number of nitrogens with zero attached hydrogens (tertiary/aromatic N) is 2. The van der Waals surface area contributed by atoms with Gasteiger partial charge in [0.2, 0.25) is 5.91 Å². The molecule has 0 saturated carbocycles. The zero-order valence-electron chi connectivity index (χ0n) is 16.8. The van der Waals surface area contributed by atoms with Gasteiger partial charge in [0.25, 0.3) is 0 Å². The quantitative estimate of drug-likeness (QED) is 0.408. The highest BCUT2D eigenvalue weighted by Gasteiger charge is 2.30. The molecule has 0 radical (unpaired) electrons. The van der Waals surface area contributed by atoms with E-state index in [0.29, 0.717) is 24.1 Å². The first-order valence-electron chi connectivity index (χ1n) is 9.28. The van der Waals surface area contributed by atoms with Gasteiger partial charge in [-0.2, -0.15) is 13.2 Å². The van der Waals surface area contributed by atoms with E-state index in [-0.39, 0.29) is 30.8 Å². The van der Waals surface area contributed by atoms with Gasteiger partial charge in [-0.05, 0) is 35.7 Å². The van der Waals surface area contributed by atoms with Crippen molar-refractivity contribution in [2.24, 2.45) is 4.99 Å². The largest absolute Gasteiger partial charge is 0.416 e. The molecule has 0 unspecified atom stereocenters. The Hall–Kier alpha value is -3.10. The van der Waals surface area contributed by atoms with Crippen LogP contribution in [0.3, 0.4) is 0 Å². The molecule has 0 bridgehead atoms. The number of benzene rings is 2. The first-order chi connectivity index (χ1) is 14.2. The number of aliphatic imine (C=N–C) groups is 1. The summed E-state index contributed by atoms with van der Waals surface area (Å²) in [5, 5.41) is 5.83. The van der Waals surface area contributed by atoms with Crippen LogP contribution < -0.4 is 10.6 Å². The molecule has 0 spiro atoms. The van der Waals surface area contributed by atoms with E-state index in [4.69, 9.17) is 0 Å². The number of alkyl halides is 3. The van der Waals surface area contributed by atoms with E-state index in [2.05, 4.69) is 15.6 Å². The maximum atomic E-state index is 13.7. The Balaban J connectivity index is 2.06. The summed E-state index contributed by atoms with van der Waals surface area (Å²) in [5.41, 5.74) is 0.144. The smallest absolute Gasteiger partial charge is 0.356 e. The second-order valence-corrected chi connectivity index (χ2v) is 6.77.